The molecule has 0 heterocycles. The van der Waals surface area contributed by atoms with Crippen LogP contribution in [0.1, 0.15) is 83.3 Å². The molecule has 352 valence electrons. The first-order valence-corrected chi connectivity index (χ1v) is 28.1. The summed E-state index contributed by atoms with van der Waals surface area (Å²) in [4.78, 5) is 13.6. The molecule has 0 aliphatic heterocycles. The standard InChI is InChI=1S/C26H22.C22H20Br2.C6H15N.C5H10Si.CH2O3.2K.H/c1-5-19-9-13-23(14-10-19)25-17-22(8-4)26(18-21(25)7-3)24-15-11-20(6-2)12-16-24;1-3-15-5-9-17(10-6-15)19-13-22(24)20(14-21(19)23)18-11-7-16(4-2)8-12-18;1-4-7(5-2)6-3;1-5-6(2,3)4;2-1-4-3;;;/h3-4,9-18H,5-6H2,1-2H3;5-14H,3-4H2,1-2H3;4-6H2,1-3H3;1H,2-4H3;1,3H;;;/q;;;;;2*+1;-1/p-1. The van der Waals surface area contributed by atoms with Crippen molar-refractivity contribution in [2.45, 2.75) is 93.8 Å². The third kappa shape index (κ3) is 23.1. The molecule has 9 heteroatoms. The number of halogens is 2. The third-order valence-corrected chi connectivity index (χ3v) is 13.2. The fourth-order valence-electron chi connectivity index (χ4n) is 6.66. The zero-order valence-electron chi connectivity index (χ0n) is 44.2. The fourth-order valence-corrected chi connectivity index (χ4v) is 7.80. The number of terminal acetylenes is 3. The second-order valence-corrected chi connectivity index (χ2v) is 22.9. The monoisotopic (exact) mass is 1120 g/mol. The first-order valence-electron chi connectivity index (χ1n) is 23.0. The van der Waals surface area contributed by atoms with Crippen molar-refractivity contribution in [3.8, 4) is 81.2 Å². The number of carbonyl (C=O) groups excluding carboxylic acids is 1. The van der Waals surface area contributed by atoms with Crippen LogP contribution >= 0.6 is 31.9 Å². The predicted octanol–water partition coefficient (Wildman–Crippen LogP) is 9.18. The quantitative estimate of drug-likeness (QED) is 0.0404. The summed E-state index contributed by atoms with van der Waals surface area (Å²) in [6.07, 6.45) is 20.9. The van der Waals surface area contributed by atoms with E-state index in [0.717, 1.165) is 68.0 Å². The molecule has 0 radical (unpaired) electrons. The van der Waals surface area contributed by atoms with E-state index in [-0.39, 0.29) is 111 Å². The maximum atomic E-state index is 8.64. The van der Waals surface area contributed by atoms with Crippen LogP contribution in [0.25, 0.3) is 44.5 Å². The van der Waals surface area contributed by atoms with Crippen LogP contribution in [-0.4, -0.2) is 39.1 Å². The van der Waals surface area contributed by atoms with Gasteiger partial charge in [-0.15, -0.1) is 24.8 Å². The molecule has 0 aromatic heterocycles. The Hall–Kier alpha value is -2.16. The molecule has 4 nitrogen and oxygen atoms in total. The fraction of sp³-hybridized carbons (Fsp3) is 0.283. The Morgan fingerprint density at radius 1 is 0.522 bits per heavy atom. The third-order valence-electron chi connectivity index (χ3n) is 11.0. The summed E-state index contributed by atoms with van der Waals surface area (Å²) in [6, 6.07) is 43.1. The van der Waals surface area contributed by atoms with E-state index in [1.807, 2.05) is 12.1 Å². The van der Waals surface area contributed by atoms with Gasteiger partial charge in [0.15, 0.2) is 0 Å². The van der Waals surface area contributed by atoms with E-state index in [0.29, 0.717) is 0 Å². The van der Waals surface area contributed by atoms with Crippen LogP contribution in [0, 0.1) is 36.7 Å². The maximum absolute atomic E-state index is 8.64. The Kier molecular flexibility index (Phi) is 35.6. The maximum Gasteiger partial charge on any atom is 1.00 e. The van der Waals surface area contributed by atoms with Gasteiger partial charge >= 0.3 is 103 Å². The van der Waals surface area contributed by atoms with Crippen LogP contribution in [0.15, 0.2) is 130 Å². The molecule has 0 N–H and O–H groups in total. The number of rotatable bonds is 12. The summed E-state index contributed by atoms with van der Waals surface area (Å²) in [5.41, 5.74) is 18.9. The van der Waals surface area contributed by atoms with Gasteiger partial charge in [-0.05, 0) is 136 Å². The minimum absolute atomic E-state index is 0. The molecule has 6 rings (SSSR count). The van der Waals surface area contributed by atoms with Crippen molar-refractivity contribution in [1.82, 2.24) is 4.90 Å². The molecule has 0 aliphatic carbocycles. The Labute approximate surface area is 521 Å². The molecule has 6 aromatic rings. The van der Waals surface area contributed by atoms with E-state index in [1.165, 1.54) is 64.1 Å². The predicted molar refractivity (Wildman–Crippen MR) is 297 cm³/mol. The Balaban J connectivity index is 0. The van der Waals surface area contributed by atoms with Crippen molar-refractivity contribution in [2.24, 2.45) is 0 Å². The van der Waals surface area contributed by atoms with Gasteiger partial charge in [-0.2, -0.15) is 0 Å². The van der Waals surface area contributed by atoms with Gasteiger partial charge < -0.3 is 16.5 Å². The van der Waals surface area contributed by atoms with Crippen LogP contribution < -0.4 is 108 Å². The molecule has 0 spiro atoms. The minimum Gasteiger partial charge on any atom is -1.00 e. The number of aryl methyl sites for hydroxylation is 4. The Morgan fingerprint density at radius 3 is 0.913 bits per heavy atom. The average Bonchev–Trinajstić information content (AvgIpc) is 3.37. The normalized spacial score (nSPS) is 9.84. The molecule has 0 saturated heterocycles. The van der Waals surface area contributed by atoms with Crippen LogP contribution in [0.4, 0.5) is 0 Å². The van der Waals surface area contributed by atoms with E-state index < -0.39 is 8.07 Å². The van der Waals surface area contributed by atoms with Gasteiger partial charge in [-0.1, -0.05) is 209 Å². The Bertz CT molecular complexity index is 2390. The molecule has 0 bridgehead atoms. The molecule has 0 saturated carbocycles. The molecule has 0 fully saturated rings. The van der Waals surface area contributed by atoms with Crippen molar-refractivity contribution in [1.29, 1.82) is 0 Å². The molecular weight excluding hydrogens is 1050 g/mol. The number of hydrogen-bond donors (Lipinski definition) is 0. The van der Waals surface area contributed by atoms with E-state index in [4.69, 9.17) is 29.3 Å². The summed E-state index contributed by atoms with van der Waals surface area (Å²) >= 11 is 7.52. The molecule has 0 aliphatic rings. The van der Waals surface area contributed by atoms with Crippen molar-refractivity contribution in [3.05, 3.63) is 164 Å². The van der Waals surface area contributed by atoms with E-state index >= 15 is 0 Å². The van der Waals surface area contributed by atoms with Crippen molar-refractivity contribution >= 4 is 46.4 Å². The van der Waals surface area contributed by atoms with Gasteiger partial charge in [0.2, 0.25) is 0 Å². The summed E-state index contributed by atoms with van der Waals surface area (Å²) in [6.45, 7) is 25.0. The molecular formula is C60H69Br2K2NO3Si. The van der Waals surface area contributed by atoms with Gasteiger partial charge in [0.1, 0.15) is 8.07 Å². The average molecular weight is 1120 g/mol. The van der Waals surface area contributed by atoms with Crippen LogP contribution in [0.5, 0.6) is 0 Å². The SMILES string of the molecule is C#C[Si](C)(C)C.C#Cc1cc(-c2ccc(CC)cc2)c(C#C)cc1-c1ccc(CC)cc1.CCN(CC)CC.CCc1ccc(-c2cc(Br)c(-c3ccc(CC)cc3)cc2Br)cc1.O=CO[O-].[H-].[K+].[K+]. The van der Waals surface area contributed by atoms with Gasteiger partial charge in [0.05, 0.1) is 0 Å². The van der Waals surface area contributed by atoms with Crippen LogP contribution in [0.3, 0.4) is 0 Å². The van der Waals surface area contributed by atoms with E-state index in [2.05, 4.69) is 236 Å². The topological polar surface area (TPSA) is 52.6 Å². The van der Waals surface area contributed by atoms with Crippen LogP contribution in [-0.2, 0) is 35.4 Å². The van der Waals surface area contributed by atoms with Crippen LogP contribution in [0.2, 0.25) is 19.6 Å². The largest absolute Gasteiger partial charge is 1.00 e. The van der Waals surface area contributed by atoms with Gasteiger partial charge in [0.25, 0.3) is 6.47 Å². The van der Waals surface area contributed by atoms with Crippen molar-refractivity contribution < 1.29 is 119 Å². The second kappa shape index (κ2) is 36.7. The summed E-state index contributed by atoms with van der Waals surface area (Å²) < 4.78 is 2.23. The van der Waals surface area contributed by atoms with Gasteiger partial charge in [0, 0.05) is 20.1 Å². The van der Waals surface area contributed by atoms with Crippen molar-refractivity contribution in [2.75, 3.05) is 19.6 Å². The summed E-state index contributed by atoms with van der Waals surface area (Å²) in [5, 5.41) is 8.43. The van der Waals surface area contributed by atoms with Gasteiger partial charge in [-0.3, -0.25) is 4.79 Å². The molecule has 0 amide bonds. The zero-order chi connectivity index (χ0) is 49.9. The minimum atomic E-state index is -1.10. The first-order chi connectivity index (χ1) is 32.1. The summed E-state index contributed by atoms with van der Waals surface area (Å²) in [5.74, 6) is 5.68. The smallest absolute Gasteiger partial charge is 1.00 e. The zero-order valence-corrected chi connectivity index (χ0v) is 53.7. The molecule has 69 heavy (non-hydrogen) atoms. The summed E-state index contributed by atoms with van der Waals surface area (Å²) in [7, 11) is -1.10. The number of carbonyl (C=O) groups is 1. The number of benzene rings is 6. The van der Waals surface area contributed by atoms with Gasteiger partial charge in [-0.25, -0.2) is 0 Å². The molecule has 0 atom stereocenters. The second-order valence-electron chi connectivity index (χ2n) is 16.5. The van der Waals surface area contributed by atoms with E-state index in [9.17, 15) is 0 Å². The number of hydrogen-bond acceptors (Lipinski definition) is 4. The molecule has 6 aromatic carbocycles. The first kappa shape index (κ1) is 66.8. The van der Waals surface area contributed by atoms with Crippen molar-refractivity contribution in [3.63, 3.8) is 0 Å². The number of nitrogens with zero attached hydrogens (tertiary/aromatic N) is 1. The molecule has 0 unspecified atom stereocenters. The van der Waals surface area contributed by atoms with E-state index in [1.54, 1.807) is 0 Å². The Morgan fingerprint density at radius 2 is 0.754 bits per heavy atom.